The van der Waals surface area contributed by atoms with Crippen LogP contribution >= 0.6 is 0 Å². The lowest BCUT2D eigenvalue weighted by atomic mass is 10.1. The van der Waals surface area contributed by atoms with Gasteiger partial charge in [-0.1, -0.05) is 12.1 Å². The summed E-state index contributed by atoms with van der Waals surface area (Å²) >= 11 is 0. The number of carboxylic acid groups (broad SMARTS) is 1. The quantitative estimate of drug-likeness (QED) is 0.528. The molecule has 20 heavy (non-hydrogen) atoms. The number of hydrogen-bond donors (Lipinski definition) is 3. The zero-order chi connectivity index (χ0) is 15.1. The normalized spacial score (nSPS) is 11.4. The second kappa shape index (κ2) is 7.07. The number of nitro groups is 1. The summed E-state index contributed by atoms with van der Waals surface area (Å²) in [7, 11) is 0. The van der Waals surface area contributed by atoms with E-state index in [1.807, 2.05) is 0 Å². The number of nitrogens with one attached hydrogen (secondary N) is 2. The SMILES string of the molecule is C[C@H](NC(=O)NCCc1ccc([N+](=O)[O-])cc1)C(=O)O. The maximum atomic E-state index is 11.3. The number of carbonyl (C=O) groups is 2. The monoisotopic (exact) mass is 281 g/mol. The Labute approximate surface area is 114 Å². The Kier molecular flexibility index (Phi) is 5.45. The van der Waals surface area contributed by atoms with Crippen molar-refractivity contribution < 1.29 is 19.6 Å². The zero-order valence-electron chi connectivity index (χ0n) is 10.8. The molecule has 0 bridgehead atoms. The molecule has 8 heteroatoms. The first-order valence-corrected chi connectivity index (χ1v) is 5.90. The van der Waals surface area contributed by atoms with E-state index in [1.165, 1.54) is 19.1 Å². The molecule has 0 heterocycles. The molecule has 0 fully saturated rings. The number of amides is 2. The molecule has 1 aromatic rings. The van der Waals surface area contributed by atoms with Gasteiger partial charge in [0.1, 0.15) is 6.04 Å². The van der Waals surface area contributed by atoms with Gasteiger partial charge in [-0.2, -0.15) is 0 Å². The van der Waals surface area contributed by atoms with Gasteiger partial charge in [0.25, 0.3) is 5.69 Å². The summed E-state index contributed by atoms with van der Waals surface area (Å²) in [5.41, 5.74) is 0.844. The molecule has 0 saturated heterocycles. The molecule has 1 aromatic carbocycles. The topological polar surface area (TPSA) is 122 Å². The highest BCUT2D eigenvalue weighted by Crippen LogP contribution is 2.11. The lowest BCUT2D eigenvalue weighted by molar-refractivity contribution is -0.384. The van der Waals surface area contributed by atoms with Gasteiger partial charge in [0.05, 0.1) is 4.92 Å². The fourth-order valence-corrected chi connectivity index (χ4v) is 1.41. The molecule has 2 amide bonds. The van der Waals surface area contributed by atoms with Crippen LogP contribution in [0.1, 0.15) is 12.5 Å². The van der Waals surface area contributed by atoms with E-state index in [9.17, 15) is 19.7 Å². The van der Waals surface area contributed by atoms with Crippen molar-refractivity contribution in [2.24, 2.45) is 0 Å². The van der Waals surface area contributed by atoms with Crippen molar-refractivity contribution in [1.29, 1.82) is 0 Å². The van der Waals surface area contributed by atoms with E-state index >= 15 is 0 Å². The predicted molar refractivity (Wildman–Crippen MR) is 70.4 cm³/mol. The second-order valence-corrected chi connectivity index (χ2v) is 4.13. The van der Waals surface area contributed by atoms with Crippen molar-refractivity contribution in [3.05, 3.63) is 39.9 Å². The van der Waals surface area contributed by atoms with Gasteiger partial charge in [-0.3, -0.25) is 14.9 Å². The largest absolute Gasteiger partial charge is 0.480 e. The lowest BCUT2D eigenvalue weighted by Crippen LogP contribution is -2.44. The molecule has 0 aliphatic heterocycles. The summed E-state index contributed by atoms with van der Waals surface area (Å²) in [6, 6.07) is 4.47. The van der Waals surface area contributed by atoms with Crippen LogP contribution in [-0.2, 0) is 11.2 Å². The first-order valence-electron chi connectivity index (χ1n) is 5.90. The third-order valence-corrected chi connectivity index (χ3v) is 2.56. The van der Waals surface area contributed by atoms with E-state index in [4.69, 9.17) is 5.11 Å². The standard InChI is InChI=1S/C12H15N3O5/c1-8(11(16)17)14-12(18)13-7-6-9-2-4-10(5-3-9)15(19)20/h2-5,8H,6-7H2,1H3,(H,16,17)(H2,13,14,18)/t8-/m0/s1. The zero-order valence-corrected chi connectivity index (χ0v) is 10.8. The summed E-state index contributed by atoms with van der Waals surface area (Å²) in [4.78, 5) is 31.8. The smallest absolute Gasteiger partial charge is 0.325 e. The van der Waals surface area contributed by atoms with Gasteiger partial charge in [-0.25, -0.2) is 4.79 Å². The fraction of sp³-hybridized carbons (Fsp3) is 0.333. The summed E-state index contributed by atoms with van der Waals surface area (Å²) in [6.45, 7) is 1.66. The Hall–Kier alpha value is -2.64. The molecule has 1 rings (SSSR count). The van der Waals surface area contributed by atoms with E-state index in [-0.39, 0.29) is 5.69 Å². The van der Waals surface area contributed by atoms with Crippen LogP contribution in [0.4, 0.5) is 10.5 Å². The van der Waals surface area contributed by atoms with Gasteiger partial charge in [-0.05, 0) is 18.9 Å². The van der Waals surface area contributed by atoms with Crippen molar-refractivity contribution >= 4 is 17.7 Å². The highest BCUT2D eigenvalue weighted by molar-refractivity contribution is 5.82. The lowest BCUT2D eigenvalue weighted by Gasteiger charge is -2.10. The van der Waals surface area contributed by atoms with E-state index in [0.717, 1.165) is 5.56 Å². The van der Waals surface area contributed by atoms with Crippen LogP contribution in [0.25, 0.3) is 0 Å². The van der Waals surface area contributed by atoms with Gasteiger partial charge in [0, 0.05) is 18.7 Å². The number of benzene rings is 1. The van der Waals surface area contributed by atoms with Gasteiger partial charge in [-0.15, -0.1) is 0 Å². The molecule has 1 atom stereocenters. The number of carbonyl (C=O) groups excluding carboxylic acids is 1. The number of rotatable bonds is 6. The summed E-state index contributed by atoms with van der Waals surface area (Å²) in [5, 5.41) is 23.8. The Bertz CT molecular complexity index is 500. The number of hydrogen-bond acceptors (Lipinski definition) is 4. The van der Waals surface area contributed by atoms with Crippen LogP contribution in [-0.4, -0.2) is 34.6 Å². The molecule has 0 aliphatic carbocycles. The highest BCUT2D eigenvalue weighted by atomic mass is 16.6. The molecule has 0 aliphatic rings. The molecule has 108 valence electrons. The molecule has 0 spiro atoms. The maximum Gasteiger partial charge on any atom is 0.325 e. The molecule has 0 radical (unpaired) electrons. The van der Waals surface area contributed by atoms with Crippen LogP contribution in [0.15, 0.2) is 24.3 Å². The summed E-state index contributed by atoms with van der Waals surface area (Å²) in [6.07, 6.45) is 0.493. The number of carboxylic acids is 1. The fourth-order valence-electron chi connectivity index (χ4n) is 1.41. The number of aliphatic carboxylic acids is 1. The first kappa shape index (κ1) is 15.4. The minimum Gasteiger partial charge on any atom is -0.480 e. The maximum absolute atomic E-state index is 11.3. The van der Waals surface area contributed by atoms with Crippen molar-refractivity contribution in [3.63, 3.8) is 0 Å². The van der Waals surface area contributed by atoms with Crippen LogP contribution < -0.4 is 10.6 Å². The Morgan fingerprint density at radius 3 is 2.45 bits per heavy atom. The van der Waals surface area contributed by atoms with Gasteiger partial charge in [0.15, 0.2) is 0 Å². The van der Waals surface area contributed by atoms with E-state index in [0.29, 0.717) is 13.0 Å². The van der Waals surface area contributed by atoms with Crippen LogP contribution in [0.5, 0.6) is 0 Å². The Balaban J connectivity index is 2.35. The van der Waals surface area contributed by atoms with Crippen LogP contribution in [0.2, 0.25) is 0 Å². The predicted octanol–water partition coefficient (Wildman–Crippen LogP) is 0.910. The van der Waals surface area contributed by atoms with Crippen molar-refractivity contribution in [2.75, 3.05) is 6.54 Å². The number of nitro benzene ring substituents is 1. The van der Waals surface area contributed by atoms with E-state index < -0.39 is 23.0 Å². The number of non-ortho nitro benzene ring substituents is 1. The third-order valence-electron chi connectivity index (χ3n) is 2.56. The molecule has 0 unspecified atom stereocenters. The van der Waals surface area contributed by atoms with Gasteiger partial charge in [0.2, 0.25) is 0 Å². The average Bonchev–Trinajstić information content (AvgIpc) is 2.39. The second-order valence-electron chi connectivity index (χ2n) is 4.13. The molecule has 3 N–H and O–H groups in total. The van der Waals surface area contributed by atoms with Crippen molar-refractivity contribution in [2.45, 2.75) is 19.4 Å². The summed E-state index contributed by atoms with van der Waals surface area (Å²) < 4.78 is 0. The highest BCUT2D eigenvalue weighted by Gasteiger charge is 2.13. The van der Waals surface area contributed by atoms with Crippen molar-refractivity contribution in [3.8, 4) is 0 Å². The van der Waals surface area contributed by atoms with Crippen LogP contribution in [0, 0.1) is 10.1 Å². The van der Waals surface area contributed by atoms with Gasteiger partial charge >= 0.3 is 12.0 Å². The minimum atomic E-state index is -1.12. The Morgan fingerprint density at radius 2 is 1.95 bits per heavy atom. The first-order chi connectivity index (χ1) is 9.40. The summed E-state index contributed by atoms with van der Waals surface area (Å²) in [5.74, 6) is -1.12. The number of nitrogens with zero attached hydrogens (tertiary/aromatic N) is 1. The molecule has 8 nitrogen and oxygen atoms in total. The molecular formula is C12H15N3O5. The van der Waals surface area contributed by atoms with Crippen molar-refractivity contribution in [1.82, 2.24) is 10.6 Å². The molecular weight excluding hydrogens is 266 g/mol. The average molecular weight is 281 g/mol. The van der Waals surface area contributed by atoms with E-state index in [2.05, 4.69) is 10.6 Å². The number of urea groups is 1. The molecule has 0 saturated carbocycles. The Morgan fingerprint density at radius 1 is 1.35 bits per heavy atom. The third kappa shape index (κ3) is 4.92. The molecule has 0 aromatic heterocycles. The van der Waals surface area contributed by atoms with Crippen LogP contribution in [0.3, 0.4) is 0 Å². The minimum absolute atomic E-state index is 0.00901. The van der Waals surface area contributed by atoms with E-state index in [1.54, 1.807) is 12.1 Å². The van der Waals surface area contributed by atoms with Gasteiger partial charge < -0.3 is 15.7 Å².